The van der Waals surface area contributed by atoms with Crippen molar-refractivity contribution < 1.29 is 9.59 Å². The summed E-state index contributed by atoms with van der Waals surface area (Å²) < 4.78 is 1.62. The van der Waals surface area contributed by atoms with Crippen molar-refractivity contribution in [2.24, 2.45) is 0 Å². The fourth-order valence-electron chi connectivity index (χ4n) is 3.07. The molecule has 0 bridgehead atoms. The van der Waals surface area contributed by atoms with Crippen LogP contribution in [0.25, 0.3) is 5.69 Å². The molecule has 27 heavy (non-hydrogen) atoms. The second-order valence-corrected chi connectivity index (χ2v) is 8.18. The molecule has 1 saturated carbocycles. The minimum absolute atomic E-state index is 0.164. The number of imide groups is 1. The van der Waals surface area contributed by atoms with Gasteiger partial charge >= 0.3 is 6.03 Å². The number of hydrogen-bond donors (Lipinski definition) is 2. The molecule has 9 heteroatoms. The molecule has 1 fully saturated rings. The number of benzene rings is 1. The Morgan fingerprint density at radius 3 is 2.74 bits per heavy atom. The summed E-state index contributed by atoms with van der Waals surface area (Å²) in [4.78, 5) is 24.3. The van der Waals surface area contributed by atoms with Crippen LogP contribution >= 0.6 is 11.8 Å². The van der Waals surface area contributed by atoms with Gasteiger partial charge in [0.1, 0.15) is 0 Å². The molecule has 2 aromatic rings. The first-order valence-electron chi connectivity index (χ1n) is 9.08. The topological polar surface area (TPSA) is 102 Å². The van der Waals surface area contributed by atoms with Crippen molar-refractivity contribution in [3.05, 3.63) is 29.3 Å². The molecule has 1 aromatic heterocycles. The van der Waals surface area contributed by atoms with E-state index in [1.165, 1.54) is 11.8 Å². The predicted molar refractivity (Wildman–Crippen MR) is 103 cm³/mol. The van der Waals surface area contributed by atoms with Crippen molar-refractivity contribution in [2.75, 3.05) is 0 Å². The van der Waals surface area contributed by atoms with Crippen LogP contribution in [0.1, 0.15) is 43.7 Å². The van der Waals surface area contributed by atoms with Gasteiger partial charge in [-0.3, -0.25) is 10.1 Å². The lowest BCUT2D eigenvalue weighted by Gasteiger charge is -2.15. The van der Waals surface area contributed by atoms with Crippen molar-refractivity contribution in [3.8, 4) is 5.69 Å². The van der Waals surface area contributed by atoms with Crippen LogP contribution in [0.2, 0.25) is 0 Å². The van der Waals surface area contributed by atoms with Crippen molar-refractivity contribution in [2.45, 2.75) is 62.9 Å². The zero-order valence-electron chi connectivity index (χ0n) is 15.7. The monoisotopic (exact) mass is 388 g/mol. The van der Waals surface area contributed by atoms with Crippen LogP contribution in [0, 0.1) is 13.8 Å². The number of amides is 3. The molecule has 8 nitrogen and oxygen atoms in total. The van der Waals surface area contributed by atoms with Crippen LogP contribution in [0.4, 0.5) is 4.79 Å². The molecule has 1 aliphatic rings. The van der Waals surface area contributed by atoms with E-state index in [4.69, 9.17) is 0 Å². The van der Waals surface area contributed by atoms with Gasteiger partial charge in [-0.25, -0.2) is 4.79 Å². The number of nitrogens with zero attached hydrogens (tertiary/aromatic N) is 4. The van der Waals surface area contributed by atoms with Crippen LogP contribution in [-0.4, -0.2) is 43.4 Å². The number of carbonyl (C=O) groups is 2. The Morgan fingerprint density at radius 2 is 2.00 bits per heavy atom. The summed E-state index contributed by atoms with van der Waals surface area (Å²) in [6.07, 6.45) is 4.17. The molecular weight excluding hydrogens is 364 g/mol. The summed E-state index contributed by atoms with van der Waals surface area (Å²) in [5.74, 6) is -0.369. The molecule has 1 heterocycles. The summed E-state index contributed by atoms with van der Waals surface area (Å²) in [6.45, 7) is 5.71. The number of aryl methyl sites for hydroxylation is 2. The lowest BCUT2D eigenvalue weighted by atomic mass is 10.1. The molecule has 2 N–H and O–H groups in total. The summed E-state index contributed by atoms with van der Waals surface area (Å²) in [7, 11) is 0. The quantitative estimate of drug-likeness (QED) is 0.763. The van der Waals surface area contributed by atoms with E-state index in [1.54, 1.807) is 11.6 Å². The standard InChI is InChI=1S/C18H24N6O2S/c1-11-8-9-12(2)15(10-11)24-18(21-22-23-24)27-13(3)16(25)20-17(26)19-14-6-4-5-7-14/h8-10,13-14H,4-7H2,1-3H3,(H2,19,20,25,26)/t13-/m0/s1. The fraction of sp³-hybridized carbons (Fsp3) is 0.500. The lowest BCUT2D eigenvalue weighted by Crippen LogP contribution is -2.45. The molecule has 1 aliphatic carbocycles. The molecule has 144 valence electrons. The van der Waals surface area contributed by atoms with E-state index < -0.39 is 11.3 Å². The Morgan fingerprint density at radius 1 is 1.26 bits per heavy atom. The molecular formula is C18H24N6O2S. The third-order valence-corrected chi connectivity index (χ3v) is 5.65. The first-order valence-corrected chi connectivity index (χ1v) is 9.96. The van der Waals surface area contributed by atoms with Crippen LogP contribution < -0.4 is 10.6 Å². The summed E-state index contributed by atoms with van der Waals surface area (Å²) in [5.41, 5.74) is 2.99. The second kappa shape index (κ2) is 8.51. The molecule has 0 radical (unpaired) electrons. The van der Waals surface area contributed by atoms with Gasteiger partial charge in [-0.2, -0.15) is 4.68 Å². The zero-order valence-corrected chi connectivity index (χ0v) is 16.5. The van der Waals surface area contributed by atoms with E-state index in [0.29, 0.717) is 5.16 Å². The van der Waals surface area contributed by atoms with E-state index in [9.17, 15) is 9.59 Å². The largest absolute Gasteiger partial charge is 0.335 e. The van der Waals surface area contributed by atoms with E-state index in [1.807, 2.05) is 32.0 Å². The van der Waals surface area contributed by atoms with Gasteiger partial charge in [0.15, 0.2) is 0 Å². The van der Waals surface area contributed by atoms with Gasteiger partial charge in [0, 0.05) is 6.04 Å². The van der Waals surface area contributed by atoms with Gasteiger partial charge in [0.25, 0.3) is 0 Å². The number of rotatable bonds is 5. The maximum absolute atomic E-state index is 12.4. The van der Waals surface area contributed by atoms with Crippen molar-refractivity contribution in [1.82, 2.24) is 30.8 Å². The normalized spacial score (nSPS) is 15.5. The number of thioether (sulfide) groups is 1. The Bertz CT molecular complexity index is 831. The SMILES string of the molecule is Cc1ccc(C)c(-n2nnnc2S[C@@H](C)C(=O)NC(=O)NC2CCCC2)c1. The summed E-state index contributed by atoms with van der Waals surface area (Å²) in [5, 5.41) is 17.1. The van der Waals surface area contributed by atoms with Crippen LogP contribution in [-0.2, 0) is 4.79 Å². The smallest absolute Gasteiger partial charge is 0.321 e. The number of urea groups is 1. The Kier molecular flexibility index (Phi) is 6.10. The molecule has 0 unspecified atom stereocenters. The van der Waals surface area contributed by atoms with Gasteiger partial charge in [0.05, 0.1) is 10.9 Å². The van der Waals surface area contributed by atoms with Crippen LogP contribution in [0.15, 0.2) is 23.4 Å². The molecule has 0 aliphatic heterocycles. The Hall–Kier alpha value is -2.42. The maximum Gasteiger partial charge on any atom is 0.321 e. The molecule has 3 rings (SSSR count). The van der Waals surface area contributed by atoms with Crippen molar-refractivity contribution >= 4 is 23.7 Å². The number of aromatic nitrogens is 4. The molecule has 3 amide bonds. The third-order valence-electron chi connectivity index (χ3n) is 4.61. The second-order valence-electron chi connectivity index (χ2n) is 6.87. The van der Waals surface area contributed by atoms with E-state index in [-0.39, 0.29) is 11.9 Å². The first-order chi connectivity index (χ1) is 12.9. The average molecular weight is 388 g/mol. The van der Waals surface area contributed by atoms with Crippen molar-refractivity contribution in [1.29, 1.82) is 0 Å². The highest BCUT2D eigenvalue weighted by atomic mass is 32.2. The molecule has 1 aromatic carbocycles. The summed E-state index contributed by atoms with van der Waals surface area (Å²) in [6, 6.07) is 5.75. The molecule has 0 spiro atoms. The minimum Gasteiger partial charge on any atom is -0.335 e. The highest BCUT2D eigenvalue weighted by Gasteiger charge is 2.23. The van der Waals surface area contributed by atoms with Gasteiger partial charge in [-0.15, -0.1) is 5.10 Å². The predicted octanol–water partition coefficient (Wildman–Crippen LogP) is 2.53. The van der Waals surface area contributed by atoms with Gasteiger partial charge in [-0.05, 0) is 61.2 Å². The first kappa shape index (κ1) is 19.3. The Labute approximate surface area is 162 Å². The van der Waals surface area contributed by atoms with Gasteiger partial charge in [-0.1, -0.05) is 36.7 Å². The fourth-order valence-corrected chi connectivity index (χ4v) is 3.87. The minimum atomic E-state index is -0.519. The molecule has 0 saturated heterocycles. The van der Waals surface area contributed by atoms with Crippen LogP contribution in [0.3, 0.4) is 0 Å². The highest BCUT2D eigenvalue weighted by Crippen LogP contribution is 2.25. The number of hydrogen-bond acceptors (Lipinski definition) is 6. The average Bonchev–Trinajstić information content (AvgIpc) is 3.28. The van der Waals surface area contributed by atoms with E-state index in [0.717, 1.165) is 42.5 Å². The third kappa shape index (κ3) is 4.85. The lowest BCUT2D eigenvalue weighted by molar-refractivity contribution is -0.119. The highest BCUT2D eigenvalue weighted by molar-refractivity contribution is 8.00. The number of nitrogens with one attached hydrogen (secondary N) is 2. The van der Waals surface area contributed by atoms with Crippen molar-refractivity contribution in [3.63, 3.8) is 0 Å². The van der Waals surface area contributed by atoms with Gasteiger partial charge < -0.3 is 5.32 Å². The zero-order chi connectivity index (χ0) is 19.4. The van der Waals surface area contributed by atoms with Crippen LogP contribution in [0.5, 0.6) is 0 Å². The number of carbonyl (C=O) groups excluding carboxylic acids is 2. The van der Waals surface area contributed by atoms with E-state index in [2.05, 4.69) is 26.2 Å². The van der Waals surface area contributed by atoms with E-state index >= 15 is 0 Å². The summed E-state index contributed by atoms with van der Waals surface area (Å²) >= 11 is 1.21. The Balaban J connectivity index is 1.63. The maximum atomic E-state index is 12.4. The molecule has 1 atom stereocenters. The number of tetrazole rings is 1. The van der Waals surface area contributed by atoms with Gasteiger partial charge in [0.2, 0.25) is 11.1 Å².